The van der Waals surface area contributed by atoms with E-state index in [1.807, 2.05) is 6.92 Å². The van der Waals surface area contributed by atoms with Crippen LogP contribution in [0.5, 0.6) is 0 Å². The summed E-state index contributed by atoms with van der Waals surface area (Å²) >= 11 is 0. The fourth-order valence-electron chi connectivity index (χ4n) is 2.85. The number of aromatic amines is 1. The molecule has 2 rings (SSSR count). The lowest BCUT2D eigenvalue weighted by Crippen LogP contribution is -2.36. The first-order valence-corrected chi connectivity index (χ1v) is 7.43. The number of H-pyrrole nitrogens is 1. The van der Waals surface area contributed by atoms with Gasteiger partial charge in [-0.05, 0) is 32.6 Å². The van der Waals surface area contributed by atoms with Gasteiger partial charge in [-0.25, -0.2) is 4.98 Å². The Labute approximate surface area is 126 Å². The van der Waals surface area contributed by atoms with Gasteiger partial charge in [0.2, 0.25) is 5.95 Å². The van der Waals surface area contributed by atoms with E-state index in [4.69, 9.17) is 0 Å². The van der Waals surface area contributed by atoms with E-state index in [9.17, 15) is 0 Å². The normalized spacial score (nSPS) is 12.7. The zero-order valence-electron chi connectivity index (χ0n) is 13.8. The van der Waals surface area contributed by atoms with Gasteiger partial charge in [-0.3, -0.25) is 0 Å². The third kappa shape index (κ3) is 4.06. The summed E-state index contributed by atoms with van der Waals surface area (Å²) < 4.78 is 0. The Bertz CT molecular complexity index is 608. The number of anilines is 2. The molecular weight excluding hydrogens is 264 g/mol. The molecule has 6 heteroatoms. The summed E-state index contributed by atoms with van der Waals surface area (Å²) in [6.45, 7) is 13.9. The van der Waals surface area contributed by atoms with Crippen LogP contribution in [0.25, 0.3) is 11.2 Å². The molecule has 0 aliphatic heterocycles. The fraction of sp³-hybridized carbons (Fsp3) is 0.667. The Morgan fingerprint density at radius 3 is 2.48 bits per heavy atom. The van der Waals surface area contributed by atoms with E-state index in [1.165, 1.54) is 0 Å². The summed E-state index contributed by atoms with van der Waals surface area (Å²) in [5, 5.41) is 6.69. The first kappa shape index (κ1) is 15.5. The molecule has 0 bridgehead atoms. The highest BCUT2D eigenvalue weighted by molar-refractivity contribution is 5.84. The molecule has 0 saturated heterocycles. The number of fused-ring (bicyclic) bond motifs is 1. The van der Waals surface area contributed by atoms with Crippen LogP contribution in [0.3, 0.4) is 0 Å². The maximum atomic E-state index is 4.57. The molecule has 0 aromatic carbocycles. The largest absolute Gasteiger partial charge is 0.363 e. The van der Waals surface area contributed by atoms with Gasteiger partial charge in [0, 0.05) is 12.1 Å². The molecule has 0 fully saturated rings. The van der Waals surface area contributed by atoms with Crippen molar-refractivity contribution in [2.75, 3.05) is 17.2 Å². The van der Waals surface area contributed by atoms with Crippen LogP contribution >= 0.6 is 0 Å². The van der Waals surface area contributed by atoms with Crippen LogP contribution in [-0.2, 0) is 0 Å². The van der Waals surface area contributed by atoms with E-state index in [2.05, 4.69) is 65.2 Å². The molecule has 0 amide bonds. The number of rotatable bonds is 5. The molecule has 0 aliphatic carbocycles. The number of hydrogen-bond acceptors (Lipinski definition) is 5. The highest BCUT2D eigenvalue weighted by Gasteiger charge is 2.26. The third-order valence-electron chi connectivity index (χ3n) is 3.05. The van der Waals surface area contributed by atoms with Gasteiger partial charge in [-0.2, -0.15) is 9.97 Å². The molecule has 3 N–H and O–H groups in total. The zero-order chi connectivity index (χ0) is 15.7. The van der Waals surface area contributed by atoms with Gasteiger partial charge >= 0.3 is 0 Å². The SMILES string of the molecule is CCNc1nc(NC(C)(C)CC(C)(C)C)c2[nH]cnc2n1. The monoisotopic (exact) mass is 290 g/mol. The van der Waals surface area contributed by atoms with Crippen molar-refractivity contribution in [1.29, 1.82) is 0 Å². The van der Waals surface area contributed by atoms with Gasteiger partial charge in [0.15, 0.2) is 11.5 Å². The second kappa shape index (κ2) is 5.50. The lowest BCUT2D eigenvalue weighted by Gasteiger charge is -2.33. The van der Waals surface area contributed by atoms with Gasteiger partial charge in [0.25, 0.3) is 0 Å². The third-order valence-corrected chi connectivity index (χ3v) is 3.05. The molecule has 2 heterocycles. The first-order chi connectivity index (χ1) is 9.70. The minimum Gasteiger partial charge on any atom is -0.363 e. The van der Waals surface area contributed by atoms with Crippen molar-refractivity contribution in [3.63, 3.8) is 0 Å². The number of hydrogen-bond donors (Lipinski definition) is 3. The molecular formula is C15H26N6. The Kier molecular flexibility index (Phi) is 4.07. The highest BCUT2D eigenvalue weighted by atomic mass is 15.2. The number of imidazole rings is 1. The van der Waals surface area contributed by atoms with Crippen molar-refractivity contribution in [1.82, 2.24) is 19.9 Å². The second-order valence-corrected chi connectivity index (χ2v) is 7.27. The quantitative estimate of drug-likeness (QED) is 0.786. The smallest absolute Gasteiger partial charge is 0.226 e. The molecule has 0 saturated carbocycles. The predicted molar refractivity (Wildman–Crippen MR) is 87.6 cm³/mol. The predicted octanol–water partition coefficient (Wildman–Crippen LogP) is 3.41. The molecule has 0 spiro atoms. The molecule has 0 unspecified atom stereocenters. The van der Waals surface area contributed by atoms with Crippen LogP contribution in [0.2, 0.25) is 0 Å². The van der Waals surface area contributed by atoms with E-state index >= 15 is 0 Å². The summed E-state index contributed by atoms with van der Waals surface area (Å²) in [6, 6.07) is 0. The minimum absolute atomic E-state index is 0.0753. The topological polar surface area (TPSA) is 78.5 Å². The van der Waals surface area contributed by atoms with E-state index in [-0.39, 0.29) is 11.0 Å². The molecule has 2 aromatic rings. The molecule has 0 radical (unpaired) electrons. The Hall–Kier alpha value is -1.85. The van der Waals surface area contributed by atoms with Crippen LogP contribution < -0.4 is 10.6 Å². The fourth-order valence-corrected chi connectivity index (χ4v) is 2.85. The standard InChI is InChI=1S/C15H26N6/c1-7-16-13-19-11-10(17-9-18-11)12(20-13)21-15(5,6)8-14(2,3)4/h9H,7-8H2,1-6H3,(H3,16,17,18,19,20,21). The van der Waals surface area contributed by atoms with Crippen molar-refractivity contribution >= 4 is 22.9 Å². The average Bonchev–Trinajstić information content (AvgIpc) is 2.73. The highest BCUT2D eigenvalue weighted by Crippen LogP contribution is 2.30. The Balaban J connectivity index is 2.34. The average molecular weight is 290 g/mol. The second-order valence-electron chi connectivity index (χ2n) is 7.27. The maximum Gasteiger partial charge on any atom is 0.226 e. The summed E-state index contributed by atoms with van der Waals surface area (Å²) in [4.78, 5) is 16.3. The van der Waals surface area contributed by atoms with Crippen molar-refractivity contribution in [3.05, 3.63) is 6.33 Å². The van der Waals surface area contributed by atoms with E-state index in [0.717, 1.165) is 24.3 Å². The number of nitrogens with zero attached hydrogens (tertiary/aromatic N) is 3. The van der Waals surface area contributed by atoms with Crippen LogP contribution in [-0.4, -0.2) is 32.0 Å². The van der Waals surface area contributed by atoms with Gasteiger partial charge in [0.05, 0.1) is 6.33 Å². The van der Waals surface area contributed by atoms with Gasteiger partial charge in [-0.15, -0.1) is 0 Å². The summed E-state index contributed by atoms with van der Waals surface area (Å²) in [7, 11) is 0. The van der Waals surface area contributed by atoms with E-state index < -0.39 is 0 Å². The zero-order valence-corrected chi connectivity index (χ0v) is 13.8. The van der Waals surface area contributed by atoms with E-state index in [0.29, 0.717) is 11.6 Å². The Morgan fingerprint density at radius 2 is 1.86 bits per heavy atom. The molecule has 2 aromatic heterocycles. The van der Waals surface area contributed by atoms with Gasteiger partial charge < -0.3 is 15.6 Å². The molecule has 116 valence electrons. The summed E-state index contributed by atoms with van der Waals surface area (Å²) in [5.41, 5.74) is 1.68. The van der Waals surface area contributed by atoms with Gasteiger partial charge in [-0.1, -0.05) is 20.8 Å². The van der Waals surface area contributed by atoms with Crippen LogP contribution in [0, 0.1) is 5.41 Å². The van der Waals surface area contributed by atoms with Crippen molar-refractivity contribution in [2.45, 2.75) is 53.5 Å². The Morgan fingerprint density at radius 1 is 1.14 bits per heavy atom. The summed E-state index contributed by atoms with van der Waals surface area (Å²) in [6.07, 6.45) is 2.67. The first-order valence-electron chi connectivity index (χ1n) is 7.43. The van der Waals surface area contributed by atoms with Crippen molar-refractivity contribution in [3.8, 4) is 0 Å². The molecule has 0 atom stereocenters. The van der Waals surface area contributed by atoms with Crippen molar-refractivity contribution < 1.29 is 0 Å². The van der Waals surface area contributed by atoms with Gasteiger partial charge in [0.1, 0.15) is 5.52 Å². The number of nitrogens with one attached hydrogen (secondary N) is 3. The van der Waals surface area contributed by atoms with Crippen LogP contribution in [0.15, 0.2) is 6.33 Å². The van der Waals surface area contributed by atoms with Crippen LogP contribution in [0.4, 0.5) is 11.8 Å². The van der Waals surface area contributed by atoms with Crippen molar-refractivity contribution in [2.24, 2.45) is 5.41 Å². The molecule has 6 nitrogen and oxygen atoms in total. The molecule has 21 heavy (non-hydrogen) atoms. The lowest BCUT2D eigenvalue weighted by atomic mass is 9.82. The lowest BCUT2D eigenvalue weighted by molar-refractivity contribution is 0.302. The summed E-state index contributed by atoms with van der Waals surface area (Å²) in [5.74, 6) is 1.40. The maximum absolute atomic E-state index is 4.57. The molecule has 0 aliphatic rings. The van der Waals surface area contributed by atoms with Crippen LogP contribution in [0.1, 0.15) is 48.0 Å². The number of aromatic nitrogens is 4. The minimum atomic E-state index is -0.0753. The van der Waals surface area contributed by atoms with E-state index in [1.54, 1.807) is 6.33 Å².